The summed E-state index contributed by atoms with van der Waals surface area (Å²) in [7, 11) is 0. The van der Waals surface area contributed by atoms with Gasteiger partial charge in [0.1, 0.15) is 0 Å². The Hall–Kier alpha value is -0.860. The van der Waals surface area contributed by atoms with Gasteiger partial charge in [0.15, 0.2) is 0 Å². The molecule has 0 aliphatic heterocycles. The van der Waals surface area contributed by atoms with Crippen LogP contribution in [0, 0.1) is 6.92 Å². The van der Waals surface area contributed by atoms with E-state index in [1.807, 2.05) is 13.8 Å². The minimum atomic E-state index is -0.356. The van der Waals surface area contributed by atoms with Gasteiger partial charge in [0, 0.05) is 17.6 Å². The topological polar surface area (TPSA) is 46.2 Å². The van der Waals surface area contributed by atoms with E-state index >= 15 is 0 Å². The van der Waals surface area contributed by atoms with E-state index in [4.69, 9.17) is 5.73 Å². The summed E-state index contributed by atoms with van der Waals surface area (Å²) in [4.78, 5) is 0. The maximum Gasteiger partial charge on any atom is 0.0440 e. The molecular weight excluding hydrogens is 198 g/mol. The highest BCUT2D eigenvalue weighted by Gasteiger charge is 2.38. The summed E-state index contributed by atoms with van der Waals surface area (Å²) >= 11 is 0. The van der Waals surface area contributed by atoms with Gasteiger partial charge in [-0.25, -0.2) is 0 Å². The predicted molar refractivity (Wildman–Crippen MR) is 68.5 cm³/mol. The molecule has 1 aromatic carbocycles. The first-order valence-corrected chi connectivity index (χ1v) is 5.78. The lowest BCUT2D eigenvalue weighted by molar-refractivity contribution is 0.190. The Bertz CT molecular complexity index is 337. The number of hydrogen-bond acceptors (Lipinski definition) is 2. The smallest absolute Gasteiger partial charge is 0.0440 e. The van der Waals surface area contributed by atoms with Crippen LogP contribution in [-0.2, 0) is 5.41 Å². The van der Waals surface area contributed by atoms with Gasteiger partial charge in [-0.2, -0.15) is 0 Å². The first kappa shape index (κ1) is 13.2. The Morgan fingerprint density at radius 1 is 1.12 bits per heavy atom. The largest absolute Gasteiger partial charge is 0.396 e. The zero-order chi connectivity index (χ0) is 12.4. The first-order valence-electron chi connectivity index (χ1n) is 5.78. The highest BCUT2D eigenvalue weighted by Crippen LogP contribution is 2.36. The molecule has 0 aromatic heterocycles. The molecule has 0 spiro atoms. The molecule has 0 saturated carbocycles. The van der Waals surface area contributed by atoms with Crippen LogP contribution in [0.1, 0.15) is 38.3 Å². The van der Waals surface area contributed by atoms with E-state index in [0.29, 0.717) is 6.42 Å². The molecule has 1 unspecified atom stereocenters. The van der Waals surface area contributed by atoms with Gasteiger partial charge >= 0.3 is 0 Å². The molecule has 0 aliphatic carbocycles. The molecule has 1 aromatic rings. The number of rotatable bonds is 4. The molecule has 90 valence electrons. The second-order valence-electron chi connectivity index (χ2n) is 5.39. The summed E-state index contributed by atoms with van der Waals surface area (Å²) in [6.45, 7) is 8.38. The van der Waals surface area contributed by atoms with Crippen molar-refractivity contribution in [2.24, 2.45) is 5.73 Å². The van der Waals surface area contributed by atoms with Crippen LogP contribution < -0.4 is 5.73 Å². The Balaban J connectivity index is 3.16. The molecule has 0 heterocycles. The summed E-state index contributed by atoms with van der Waals surface area (Å²) in [5.74, 6) is 0. The average molecular weight is 221 g/mol. The molecule has 0 saturated heterocycles. The van der Waals surface area contributed by atoms with E-state index in [2.05, 4.69) is 38.1 Å². The van der Waals surface area contributed by atoms with Gasteiger partial charge in [-0.05, 0) is 32.8 Å². The third-order valence-corrected chi connectivity index (χ3v) is 3.72. The summed E-state index contributed by atoms with van der Waals surface area (Å²) in [5.41, 5.74) is 8.14. The number of benzene rings is 1. The van der Waals surface area contributed by atoms with Crippen LogP contribution in [0.25, 0.3) is 0 Å². The molecule has 3 N–H and O–H groups in total. The van der Waals surface area contributed by atoms with Crippen LogP contribution in [0.2, 0.25) is 0 Å². The minimum Gasteiger partial charge on any atom is -0.396 e. The van der Waals surface area contributed by atoms with Crippen molar-refractivity contribution in [3.8, 4) is 0 Å². The molecule has 1 rings (SSSR count). The zero-order valence-corrected chi connectivity index (χ0v) is 10.7. The van der Waals surface area contributed by atoms with Crippen LogP contribution in [0.15, 0.2) is 24.3 Å². The van der Waals surface area contributed by atoms with Gasteiger partial charge < -0.3 is 10.8 Å². The molecule has 0 bridgehead atoms. The van der Waals surface area contributed by atoms with Crippen molar-refractivity contribution < 1.29 is 5.11 Å². The van der Waals surface area contributed by atoms with E-state index in [-0.39, 0.29) is 17.6 Å². The van der Waals surface area contributed by atoms with Gasteiger partial charge in [0.2, 0.25) is 0 Å². The van der Waals surface area contributed by atoms with Crippen LogP contribution in [0.5, 0.6) is 0 Å². The van der Waals surface area contributed by atoms with Crippen molar-refractivity contribution >= 4 is 0 Å². The average Bonchev–Trinajstić information content (AvgIpc) is 2.17. The molecule has 0 aliphatic rings. The number of aryl methyl sites for hydroxylation is 1. The van der Waals surface area contributed by atoms with Crippen molar-refractivity contribution in [1.29, 1.82) is 0 Å². The minimum absolute atomic E-state index is 0.158. The van der Waals surface area contributed by atoms with Crippen molar-refractivity contribution in [2.45, 2.75) is 45.1 Å². The molecule has 16 heavy (non-hydrogen) atoms. The molecule has 0 radical (unpaired) electrons. The highest BCUT2D eigenvalue weighted by atomic mass is 16.3. The SMILES string of the molecule is Cc1ccc(C(C)(CCO)C(C)(C)N)cc1. The third-order valence-electron chi connectivity index (χ3n) is 3.72. The summed E-state index contributed by atoms with van der Waals surface area (Å²) in [6.07, 6.45) is 0.680. The fourth-order valence-electron chi connectivity index (χ4n) is 1.98. The number of aliphatic hydroxyl groups excluding tert-OH is 1. The summed E-state index contributed by atoms with van der Waals surface area (Å²) in [5, 5.41) is 9.23. The molecular formula is C14H23NO. The zero-order valence-electron chi connectivity index (χ0n) is 10.7. The number of nitrogens with two attached hydrogens (primary N) is 1. The second-order valence-corrected chi connectivity index (χ2v) is 5.39. The summed E-state index contributed by atoms with van der Waals surface area (Å²) in [6, 6.07) is 8.41. The first-order chi connectivity index (χ1) is 7.31. The van der Waals surface area contributed by atoms with E-state index in [1.165, 1.54) is 11.1 Å². The second kappa shape index (κ2) is 4.56. The normalized spacial score (nSPS) is 15.9. The van der Waals surface area contributed by atoms with Crippen molar-refractivity contribution in [2.75, 3.05) is 6.61 Å². The molecule has 0 fully saturated rings. The number of aliphatic hydroxyl groups is 1. The Morgan fingerprint density at radius 3 is 2.00 bits per heavy atom. The van der Waals surface area contributed by atoms with Gasteiger partial charge in [-0.1, -0.05) is 36.8 Å². The van der Waals surface area contributed by atoms with Crippen LogP contribution in [0.4, 0.5) is 0 Å². The number of hydrogen-bond donors (Lipinski definition) is 2. The van der Waals surface area contributed by atoms with Crippen molar-refractivity contribution in [3.63, 3.8) is 0 Å². The van der Waals surface area contributed by atoms with Crippen molar-refractivity contribution in [3.05, 3.63) is 35.4 Å². The van der Waals surface area contributed by atoms with E-state index in [9.17, 15) is 5.11 Å². The maximum atomic E-state index is 9.23. The molecule has 0 amide bonds. The standard InChI is InChI=1S/C14H23NO/c1-11-5-7-12(8-6-11)14(4,9-10-16)13(2,3)15/h5-8,16H,9-10,15H2,1-4H3. The van der Waals surface area contributed by atoms with Crippen LogP contribution in [0.3, 0.4) is 0 Å². The van der Waals surface area contributed by atoms with E-state index in [0.717, 1.165) is 0 Å². The lowest BCUT2D eigenvalue weighted by Gasteiger charge is -2.42. The van der Waals surface area contributed by atoms with Crippen LogP contribution >= 0.6 is 0 Å². The Morgan fingerprint density at radius 2 is 1.62 bits per heavy atom. The fraction of sp³-hybridized carbons (Fsp3) is 0.571. The van der Waals surface area contributed by atoms with Gasteiger partial charge in [0.05, 0.1) is 0 Å². The Kier molecular flexibility index (Phi) is 3.76. The summed E-state index contributed by atoms with van der Waals surface area (Å²) < 4.78 is 0. The van der Waals surface area contributed by atoms with Gasteiger partial charge in [0.25, 0.3) is 0 Å². The van der Waals surface area contributed by atoms with Gasteiger partial charge in [-0.3, -0.25) is 0 Å². The molecule has 1 atom stereocenters. The quantitative estimate of drug-likeness (QED) is 0.820. The maximum absolute atomic E-state index is 9.23. The van der Waals surface area contributed by atoms with Crippen LogP contribution in [-0.4, -0.2) is 17.3 Å². The molecule has 2 nitrogen and oxygen atoms in total. The highest BCUT2D eigenvalue weighted by molar-refractivity contribution is 5.31. The predicted octanol–water partition coefficient (Wildman–Crippen LogP) is 2.37. The Labute approximate surface area is 98.5 Å². The van der Waals surface area contributed by atoms with Gasteiger partial charge in [-0.15, -0.1) is 0 Å². The fourth-order valence-corrected chi connectivity index (χ4v) is 1.98. The monoisotopic (exact) mass is 221 g/mol. The lowest BCUT2D eigenvalue weighted by Crippen LogP contribution is -2.52. The van der Waals surface area contributed by atoms with Crippen molar-refractivity contribution in [1.82, 2.24) is 0 Å². The lowest BCUT2D eigenvalue weighted by atomic mass is 9.67. The van der Waals surface area contributed by atoms with E-state index < -0.39 is 0 Å². The third kappa shape index (κ3) is 2.45. The molecule has 2 heteroatoms. The van der Waals surface area contributed by atoms with E-state index in [1.54, 1.807) is 0 Å².